The van der Waals surface area contributed by atoms with Gasteiger partial charge >= 0.3 is 0 Å². The Hall–Kier alpha value is -5.81. The molecule has 244 valence electrons. The van der Waals surface area contributed by atoms with Crippen LogP contribution in [0.3, 0.4) is 0 Å². The second kappa shape index (κ2) is 11.6. The monoisotopic (exact) mass is 698 g/mol. The Labute approximate surface area is 310 Å². The van der Waals surface area contributed by atoms with Crippen molar-refractivity contribution in [3.63, 3.8) is 0 Å². The summed E-state index contributed by atoms with van der Waals surface area (Å²) in [5.74, 6) is 0. The number of hydrogen-bond acceptors (Lipinski definition) is 3. The maximum atomic E-state index is 4.73. The molecule has 1 spiro atoms. The van der Waals surface area contributed by atoms with Crippen molar-refractivity contribution in [2.45, 2.75) is 25.0 Å². The molecule has 7 aromatic carbocycles. The summed E-state index contributed by atoms with van der Waals surface area (Å²) in [6, 6.07) is 64.8. The SMILES string of the molecule is c1ccc(-n2c3ccccc3c3ccc(-c4cccc5c4C4(c6ccccc6Sc6cc(-c7ccccn7)ccc64)c4ccccc4S5)cc32)cc1. The first-order chi connectivity index (χ1) is 25.8. The van der Waals surface area contributed by atoms with Crippen LogP contribution in [0.4, 0.5) is 0 Å². The standard InChI is InChI=1S/C48H30N2S2/c1-2-13-33(14-3-1)50-41-20-7-4-15-35(41)36-26-24-31(29-42(36)50)34-16-12-23-45-47(34)48(37-17-5-8-21-43(37)51-45)38-18-6-9-22-44(38)52-46-30-32(25-27-39(46)48)40-19-10-11-28-49-40/h1-30H. The number of aromatic nitrogens is 2. The Morgan fingerprint density at radius 1 is 0.442 bits per heavy atom. The molecule has 0 saturated heterocycles. The van der Waals surface area contributed by atoms with E-state index in [1.807, 2.05) is 35.8 Å². The van der Waals surface area contributed by atoms with Crippen molar-refractivity contribution in [2.24, 2.45) is 0 Å². The zero-order valence-electron chi connectivity index (χ0n) is 28.0. The number of hydrogen-bond donors (Lipinski definition) is 0. The highest BCUT2D eigenvalue weighted by Gasteiger charge is 2.50. The average molecular weight is 699 g/mol. The second-order valence-corrected chi connectivity index (χ2v) is 15.6. The van der Waals surface area contributed by atoms with Crippen molar-refractivity contribution in [1.82, 2.24) is 9.55 Å². The highest BCUT2D eigenvalue weighted by atomic mass is 32.2. The molecule has 2 aliphatic rings. The van der Waals surface area contributed by atoms with E-state index in [-0.39, 0.29) is 0 Å². The van der Waals surface area contributed by atoms with Gasteiger partial charge in [0.2, 0.25) is 0 Å². The fourth-order valence-corrected chi connectivity index (χ4v) is 11.1. The molecule has 0 amide bonds. The Bertz CT molecular complexity index is 2850. The summed E-state index contributed by atoms with van der Waals surface area (Å²) in [6.45, 7) is 0. The van der Waals surface area contributed by atoms with E-state index in [2.05, 4.69) is 174 Å². The Balaban J connectivity index is 1.24. The molecule has 1 unspecified atom stereocenters. The molecular weight excluding hydrogens is 669 g/mol. The quantitative estimate of drug-likeness (QED) is 0.183. The zero-order chi connectivity index (χ0) is 34.2. The van der Waals surface area contributed by atoms with Crippen LogP contribution >= 0.6 is 23.5 Å². The first kappa shape index (κ1) is 29.9. The maximum absolute atomic E-state index is 4.73. The molecule has 0 N–H and O–H groups in total. The van der Waals surface area contributed by atoms with Crippen LogP contribution in [0.25, 0.3) is 49.9 Å². The first-order valence-corrected chi connectivity index (χ1v) is 19.3. The smallest absolute Gasteiger partial charge is 0.0751 e. The molecule has 0 radical (unpaired) electrons. The van der Waals surface area contributed by atoms with Crippen molar-refractivity contribution in [3.05, 3.63) is 204 Å². The third kappa shape index (κ3) is 4.25. The van der Waals surface area contributed by atoms with Gasteiger partial charge in [0, 0.05) is 47.8 Å². The number of para-hydroxylation sites is 2. The molecule has 52 heavy (non-hydrogen) atoms. The molecule has 1 atom stereocenters. The van der Waals surface area contributed by atoms with E-state index >= 15 is 0 Å². The minimum atomic E-state index is -0.533. The molecule has 9 aromatic rings. The fraction of sp³-hybridized carbons (Fsp3) is 0.0208. The summed E-state index contributed by atoms with van der Waals surface area (Å²) in [6.07, 6.45) is 1.88. The molecule has 0 saturated carbocycles. The van der Waals surface area contributed by atoms with Crippen LogP contribution < -0.4 is 0 Å². The fourth-order valence-electron chi connectivity index (χ4n) is 8.65. The Morgan fingerprint density at radius 2 is 1.10 bits per heavy atom. The summed E-state index contributed by atoms with van der Waals surface area (Å²) in [4.78, 5) is 9.87. The Kier molecular flexibility index (Phi) is 6.67. The molecule has 0 aliphatic carbocycles. The molecular formula is C48H30N2S2. The summed E-state index contributed by atoms with van der Waals surface area (Å²) >= 11 is 3.77. The number of fused-ring (bicyclic) bond motifs is 11. The number of rotatable bonds is 3. The van der Waals surface area contributed by atoms with Crippen molar-refractivity contribution in [3.8, 4) is 28.1 Å². The largest absolute Gasteiger partial charge is 0.309 e. The molecule has 4 heteroatoms. The Morgan fingerprint density at radius 3 is 1.90 bits per heavy atom. The van der Waals surface area contributed by atoms with Crippen LogP contribution in [0.5, 0.6) is 0 Å². The van der Waals surface area contributed by atoms with Crippen molar-refractivity contribution < 1.29 is 0 Å². The summed E-state index contributed by atoms with van der Waals surface area (Å²) in [7, 11) is 0. The normalized spacial score (nSPS) is 15.6. The van der Waals surface area contributed by atoms with Gasteiger partial charge in [-0.3, -0.25) is 4.98 Å². The van der Waals surface area contributed by atoms with Gasteiger partial charge in [-0.15, -0.1) is 0 Å². The zero-order valence-corrected chi connectivity index (χ0v) is 29.7. The van der Waals surface area contributed by atoms with Gasteiger partial charge in [0.1, 0.15) is 0 Å². The summed E-state index contributed by atoms with van der Waals surface area (Å²) < 4.78 is 2.42. The van der Waals surface area contributed by atoms with Crippen LogP contribution in [0.15, 0.2) is 202 Å². The highest BCUT2D eigenvalue weighted by molar-refractivity contribution is 8.00. The van der Waals surface area contributed by atoms with E-state index in [1.54, 1.807) is 0 Å². The van der Waals surface area contributed by atoms with Gasteiger partial charge in [0.05, 0.1) is 22.1 Å². The van der Waals surface area contributed by atoms with E-state index in [4.69, 9.17) is 4.98 Å². The van der Waals surface area contributed by atoms with Gasteiger partial charge < -0.3 is 4.57 Å². The molecule has 2 aliphatic heterocycles. The molecule has 11 rings (SSSR count). The topological polar surface area (TPSA) is 17.8 Å². The first-order valence-electron chi connectivity index (χ1n) is 17.6. The van der Waals surface area contributed by atoms with Gasteiger partial charge in [-0.1, -0.05) is 139 Å². The van der Waals surface area contributed by atoms with E-state index in [9.17, 15) is 0 Å². The lowest BCUT2D eigenvalue weighted by molar-refractivity contribution is 0.669. The summed E-state index contributed by atoms with van der Waals surface area (Å²) in [5, 5.41) is 2.52. The highest BCUT2D eigenvalue weighted by Crippen LogP contribution is 2.63. The van der Waals surface area contributed by atoms with Crippen molar-refractivity contribution >= 4 is 45.3 Å². The van der Waals surface area contributed by atoms with Crippen molar-refractivity contribution in [1.29, 1.82) is 0 Å². The second-order valence-electron chi connectivity index (χ2n) is 13.5. The number of pyridine rings is 1. The minimum absolute atomic E-state index is 0.533. The van der Waals surface area contributed by atoms with Crippen LogP contribution in [-0.2, 0) is 5.41 Å². The van der Waals surface area contributed by atoms with Gasteiger partial charge in [-0.25, -0.2) is 0 Å². The summed E-state index contributed by atoms with van der Waals surface area (Å²) in [5.41, 5.74) is 13.0. The predicted octanol–water partition coefficient (Wildman–Crippen LogP) is 12.8. The predicted molar refractivity (Wildman–Crippen MR) is 216 cm³/mol. The van der Waals surface area contributed by atoms with E-state index in [0.717, 1.165) is 16.9 Å². The number of benzene rings is 7. The van der Waals surface area contributed by atoms with Gasteiger partial charge in [0.15, 0.2) is 0 Å². The lowest BCUT2D eigenvalue weighted by Gasteiger charge is -2.46. The molecule has 2 nitrogen and oxygen atoms in total. The van der Waals surface area contributed by atoms with E-state index in [0.29, 0.717) is 0 Å². The lowest BCUT2D eigenvalue weighted by atomic mass is 9.62. The van der Waals surface area contributed by atoms with Crippen molar-refractivity contribution in [2.75, 3.05) is 0 Å². The van der Waals surface area contributed by atoms with Crippen LogP contribution in [0.1, 0.15) is 22.3 Å². The van der Waals surface area contributed by atoms with Crippen LogP contribution in [0, 0.1) is 0 Å². The average Bonchev–Trinajstić information content (AvgIpc) is 3.54. The number of nitrogens with zero attached hydrogens (tertiary/aromatic N) is 2. The molecule has 0 bridgehead atoms. The minimum Gasteiger partial charge on any atom is -0.309 e. The van der Waals surface area contributed by atoms with Crippen LogP contribution in [0.2, 0.25) is 0 Å². The molecule has 2 aromatic heterocycles. The molecule has 4 heterocycles. The van der Waals surface area contributed by atoms with E-state index < -0.39 is 5.41 Å². The lowest BCUT2D eigenvalue weighted by Crippen LogP contribution is -2.37. The van der Waals surface area contributed by atoms with Gasteiger partial charge in [-0.2, -0.15) is 0 Å². The third-order valence-corrected chi connectivity index (χ3v) is 13.0. The van der Waals surface area contributed by atoms with Crippen LogP contribution in [-0.4, -0.2) is 9.55 Å². The maximum Gasteiger partial charge on any atom is 0.0751 e. The van der Waals surface area contributed by atoms with E-state index in [1.165, 1.54) is 74.8 Å². The third-order valence-electron chi connectivity index (χ3n) is 10.8. The van der Waals surface area contributed by atoms with Gasteiger partial charge in [-0.05, 0) is 94.0 Å². The molecule has 0 fully saturated rings. The van der Waals surface area contributed by atoms with Gasteiger partial charge in [0.25, 0.3) is 0 Å².